The maximum atomic E-state index is 12.3. The monoisotopic (exact) mass is 364 g/mol. The average molecular weight is 364 g/mol. The van der Waals surface area contributed by atoms with Crippen molar-refractivity contribution in [3.05, 3.63) is 33.9 Å². The zero-order chi connectivity index (χ0) is 18.4. The zero-order valence-electron chi connectivity index (χ0n) is 14.7. The van der Waals surface area contributed by atoms with Crippen molar-refractivity contribution in [2.75, 3.05) is 70.6 Å². The SMILES string of the molecule is O=C(NCCN1CCOCC1)c1ccc(N2CCOCC2)c([N+](=O)[O-])c1. The molecule has 3 rings (SSSR count). The lowest BCUT2D eigenvalue weighted by Gasteiger charge is -2.28. The van der Waals surface area contributed by atoms with Crippen LogP contribution in [0.25, 0.3) is 0 Å². The smallest absolute Gasteiger partial charge is 0.293 e. The molecule has 0 saturated carbocycles. The lowest BCUT2D eigenvalue weighted by molar-refractivity contribution is -0.384. The quantitative estimate of drug-likeness (QED) is 0.580. The van der Waals surface area contributed by atoms with Gasteiger partial charge in [0.2, 0.25) is 0 Å². The topological polar surface area (TPSA) is 97.2 Å². The summed E-state index contributed by atoms with van der Waals surface area (Å²) in [7, 11) is 0. The van der Waals surface area contributed by atoms with Gasteiger partial charge in [0.05, 0.1) is 31.4 Å². The summed E-state index contributed by atoms with van der Waals surface area (Å²) in [5, 5.41) is 14.3. The van der Waals surface area contributed by atoms with E-state index >= 15 is 0 Å². The molecule has 0 spiro atoms. The molecule has 1 amide bonds. The molecule has 1 N–H and O–H groups in total. The average Bonchev–Trinajstić information content (AvgIpc) is 2.69. The number of carbonyl (C=O) groups is 1. The summed E-state index contributed by atoms with van der Waals surface area (Å²) in [6, 6.07) is 4.65. The number of amides is 1. The Morgan fingerprint density at radius 3 is 2.42 bits per heavy atom. The van der Waals surface area contributed by atoms with Crippen molar-refractivity contribution in [2.45, 2.75) is 0 Å². The van der Waals surface area contributed by atoms with E-state index in [0.717, 1.165) is 19.6 Å². The van der Waals surface area contributed by atoms with E-state index in [1.165, 1.54) is 6.07 Å². The number of benzene rings is 1. The Morgan fingerprint density at radius 1 is 1.12 bits per heavy atom. The Labute approximate surface area is 152 Å². The molecule has 2 aliphatic heterocycles. The summed E-state index contributed by atoms with van der Waals surface area (Å²) in [5.41, 5.74) is 0.784. The molecule has 0 bridgehead atoms. The molecule has 1 aromatic rings. The number of morpholine rings is 2. The van der Waals surface area contributed by atoms with Gasteiger partial charge in [0, 0.05) is 50.9 Å². The maximum absolute atomic E-state index is 12.3. The standard InChI is InChI=1S/C17H24N4O5/c22-17(18-3-4-19-5-9-25-10-6-19)14-1-2-15(16(13-14)21(23)24)20-7-11-26-12-8-20/h1-2,13H,3-12H2,(H,18,22). The minimum absolute atomic E-state index is 0.0484. The van der Waals surface area contributed by atoms with Crippen molar-refractivity contribution < 1.29 is 19.2 Å². The highest BCUT2D eigenvalue weighted by molar-refractivity contribution is 5.95. The Kier molecular flexibility index (Phi) is 6.37. The van der Waals surface area contributed by atoms with Crippen LogP contribution in [0.1, 0.15) is 10.4 Å². The van der Waals surface area contributed by atoms with Crippen LogP contribution in [-0.2, 0) is 9.47 Å². The summed E-state index contributed by atoms with van der Waals surface area (Å²) in [6.07, 6.45) is 0. The second kappa shape index (κ2) is 8.93. The van der Waals surface area contributed by atoms with Crippen molar-refractivity contribution >= 4 is 17.3 Å². The van der Waals surface area contributed by atoms with Gasteiger partial charge in [-0.15, -0.1) is 0 Å². The molecule has 9 heteroatoms. The minimum atomic E-state index is -0.435. The van der Waals surface area contributed by atoms with Gasteiger partial charge < -0.3 is 19.7 Å². The van der Waals surface area contributed by atoms with E-state index in [-0.39, 0.29) is 11.6 Å². The molecule has 2 saturated heterocycles. The Hall–Kier alpha value is -2.23. The number of nitrogens with zero attached hydrogens (tertiary/aromatic N) is 3. The van der Waals surface area contributed by atoms with Gasteiger partial charge in [0.1, 0.15) is 5.69 Å². The molecule has 2 aliphatic rings. The fraction of sp³-hybridized carbons (Fsp3) is 0.588. The first kappa shape index (κ1) is 18.6. The highest BCUT2D eigenvalue weighted by atomic mass is 16.6. The minimum Gasteiger partial charge on any atom is -0.379 e. The number of hydrogen-bond donors (Lipinski definition) is 1. The number of rotatable bonds is 6. The molecule has 2 fully saturated rings. The van der Waals surface area contributed by atoms with Crippen LogP contribution in [0, 0.1) is 10.1 Å². The van der Waals surface area contributed by atoms with Gasteiger partial charge in [0.15, 0.2) is 0 Å². The summed E-state index contributed by atoms with van der Waals surface area (Å²) in [4.78, 5) is 27.5. The van der Waals surface area contributed by atoms with E-state index in [4.69, 9.17) is 9.47 Å². The first-order valence-electron chi connectivity index (χ1n) is 8.84. The number of nitrogens with one attached hydrogen (secondary N) is 1. The van der Waals surface area contributed by atoms with Crippen LogP contribution in [0.2, 0.25) is 0 Å². The molecule has 0 aromatic heterocycles. The number of carbonyl (C=O) groups excluding carboxylic acids is 1. The first-order valence-corrected chi connectivity index (χ1v) is 8.84. The molecular formula is C17H24N4O5. The van der Waals surface area contributed by atoms with Gasteiger partial charge in [-0.25, -0.2) is 0 Å². The van der Waals surface area contributed by atoms with Crippen molar-refractivity contribution in [3.63, 3.8) is 0 Å². The van der Waals surface area contributed by atoms with Crippen LogP contribution in [0.3, 0.4) is 0 Å². The molecule has 0 unspecified atom stereocenters. The molecule has 2 heterocycles. The van der Waals surface area contributed by atoms with E-state index in [2.05, 4.69) is 10.2 Å². The molecule has 26 heavy (non-hydrogen) atoms. The lowest BCUT2D eigenvalue weighted by atomic mass is 10.1. The Morgan fingerprint density at radius 2 is 1.77 bits per heavy atom. The number of hydrogen-bond acceptors (Lipinski definition) is 7. The predicted octanol–water partition coefficient (Wildman–Crippen LogP) is 0.493. The van der Waals surface area contributed by atoms with E-state index in [0.29, 0.717) is 57.3 Å². The largest absolute Gasteiger partial charge is 0.379 e. The summed E-state index contributed by atoms with van der Waals surface area (Å²) in [6.45, 7) is 6.66. The molecule has 9 nitrogen and oxygen atoms in total. The lowest BCUT2D eigenvalue weighted by Crippen LogP contribution is -2.41. The molecule has 0 radical (unpaired) electrons. The van der Waals surface area contributed by atoms with Gasteiger partial charge in [-0.1, -0.05) is 0 Å². The van der Waals surface area contributed by atoms with Crippen molar-refractivity contribution in [2.24, 2.45) is 0 Å². The molecular weight excluding hydrogens is 340 g/mol. The third-order valence-corrected chi connectivity index (χ3v) is 4.60. The van der Waals surface area contributed by atoms with Crippen LogP contribution in [0.4, 0.5) is 11.4 Å². The van der Waals surface area contributed by atoms with Crippen LogP contribution in [0.15, 0.2) is 18.2 Å². The van der Waals surface area contributed by atoms with Crippen LogP contribution in [0.5, 0.6) is 0 Å². The van der Waals surface area contributed by atoms with Crippen LogP contribution in [-0.4, -0.2) is 81.4 Å². The van der Waals surface area contributed by atoms with E-state index in [1.807, 2.05) is 4.90 Å². The zero-order valence-corrected chi connectivity index (χ0v) is 14.7. The first-order chi connectivity index (χ1) is 12.6. The summed E-state index contributed by atoms with van der Waals surface area (Å²) in [5.74, 6) is -0.296. The maximum Gasteiger partial charge on any atom is 0.293 e. The van der Waals surface area contributed by atoms with Crippen LogP contribution >= 0.6 is 0 Å². The highest BCUT2D eigenvalue weighted by Gasteiger charge is 2.23. The fourth-order valence-electron chi connectivity index (χ4n) is 3.14. The van der Waals surface area contributed by atoms with Crippen molar-refractivity contribution in [3.8, 4) is 0 Å². The van der Waals surface area contributed by atoms with Gasteiger partial charge >= 0.3 is 0 Å². The highest BCUT2D eigenvalue weighted by Crippen LogP contribution is 2.29. The number of anilines is 1. The van der Waals surface area contributed by atoms with Gasteiger partial charge in [-0.2, -0.15) is 0 Å². The Balaban J connectivity index is 1.62. The van der Waals surface area contributed by atoms with Gasteiger partial charge in [0.25, 0.3) is 11.6 Å². The number of nitro groups is 1. The summed E-state index contributed by atoms with van der Waals surface area (Å²) < 4.78 is 10.6. The third kappa shape index (κ3) is 4.69. The molecule has 142 valence electrons. The fourth-order valence-corrected chi connectivity index (χ4v) is 3.14. The number of nitro benzene ring substituents is 1. The van der Waals surface area contributed by atoms with Crippen LogP contribution < -0.4 is 10.2 Å². The van der Waals surface area contributed by atoms with Gasteiger partial charge in [-0.05, 0) is 12.1 Å². The Bertz CT molecular complexity index is 642. The third-order valence-electron chi connectivity index (χ3n) is 4.60. The van der Waals surface area contributed by atoms with Gasteiger partial charge in [-0.3, -0.25) is 19.8 Å². The van der Waals surface area contributed by atoms with Crippen molar-refractivity contribution in [1.29, 1.82) is 0 Å². The van der Waals surface area contributed by atoms with Crippen molar-refractivity contribution in [1.82, 2.24) is 10.2 Å². The number of ether oxygens (including phenoxy) is 2. The second-order valence-corrected chi connectivity index (χ2v) is 6.27. The molecule has 1 aromatic carbocycles. The second-order valence-electron chi connectivity index (χ2n) is 6.27. The molecule has 0 atom stereocenters. The molecule has 0 aliphatic carbocycles. The predicted molar refractivity (Wildman–Crippen MR) is 95.7 cm³/mol. The normalized spacial score (nSPS) is 18.5. The van der Waals surface area contributed by atoms with E-state index < -0.39 is 4.92 Å². The summed E-state index contributed by atoms with van der Waals surface area (Å²) >= 11 is 0. The van der Waals surface area contributed by atoms with E-state index in [9.17, 15) is 14.9 Å². The van der Waals surface area contributed by atoms with E-state index in [1.54, 1.807) is 12.1 Å².